The number of benzene rings is 2. The third-order valence-electron chi connectivity index (χ3n) is 5.60. The Morgan fingerprint density at radius 3 is 2.68 bits per heavy atom. The minimum absolute atomic E-state index is 0.133. The standard InChI is InChI=1S/C22H24N4O5/c27-21(14-23-22(28)18-2-1-3-19(13-18)26(29)30)25-9-7-24(8-10-25)15-16-4-5-20-17(12-16)6-11-31-20/h1-5,12-13H,6-11,14-15H2,(H,23,28). The van der Waals surface area contributed by atoms with Gasteiger partial charge in [0.05, 0.1) is 18.1 Å². The fourth-order valence-corrected chi connectivity index (χ4v) is 3.88. The molecule has 1 fully saturated rings. The van der Waals surface area contributed by atoms with E-state index in [4.69, 9.17) is 4.74 Å². The molecule has 2 aliphatic rings. The molecule has 0 aliphatic carbocycles. The molecule has 4 rings (SSSR count). The average molecular weight is 424 g/mol. The Labute approximate surface area is 179 Å². The van der Waals surface area contributed by atoms with Gasteiger partial charge in [-0.05, 0) is 23.3 Å². The summed E-state index contributed by atoms with van der Waals surface area (Å²) < 4.78 is 5.55. The molecule has 0 radical (unpaired) electrons. The fraction of sp³-hybridized carbons (Fsp3) is 0.364. The molecule has 2 amide bonds. The maximum Gasteiger partial charge on any atom is 0.270 e. The van der Waals surface area contributed by atoms with Crippen LogP contribution in [0.2, 0.25) is 0 Å². The van der Waals surface area contributed by atoms with Crippen molar-refractivity contribution >= 4 is 17.5 Å². The zero-order valence-corrected chi connectivity index (χ0v) is 17.1. The van der Waals surface area contributed by atoms with Crippen LogP contribution >= 0.6 is 0 Å². The smallest absolute Gasteiger partial charge is 0.270 e. The van der Waals surface area contributed by atoms with Crippen molar-refractivity contribution < 1.29 is 19.2 Å². The van der Waals surface area contributed by atoms with Crippen LogP contribution in [0, 0.1) is 10.1 Å². The number of carbonyl (C=O) groups excluding carboxylic acids is 2. The number of non-ortho nitro benzene ring substituents is 1. The summed E-state index contributed by atoms with van der Waals surface area (Å²) in [6.45, 7) is 4.16. The van der Waals surface area contributed by atoms with Crippen LogP contribution in [0.4, 0.5) is 5.69 Å². The molecule has 1 saturated heterocycles. The Kier molecular flexibility index (Phi) is 6.13. The Morgan fingerprint density at radius 1 is 1.10 bits per heavy atom. The van der Waals surface area contributed by atoms with E-state index >= 15 is 0 Å². The van der Waals surface area contributed by atoms with Gasteiger partial charge in [0.25, 0.3) is 11.6 Å². The molecule has 2 aromatic rings. The van der Waals surface area contributed by atoms with Crippen LogP contribution in [-0.4, -0.2) is 65.9 Å². The largest absolute Gasteiger partial charge is 0.493 e. The minimum Gasteiger partial charge on any atom is -0.493 e. The number of fused-ring (bicyclic) bond motifs is 1. The van der Waals surface area contributed by atoms with Gasteiger partial charge in [-0.15, -0.1) is 0 Å². The number of ether oxygens (including phenoxy) is 1. The molecule has 0 spiro atoms. The van der Waals surface area contributed by atoms with E-state index in [0.717, 1.165) is 38.4 Å². The quantitative estimate of drug-likeness (QED) is 0.558. The number of hydrogen-bond donors (Lipinski definition) is 1. The summed E-state index contributed by atoms with van der Waals surface area (Å²) in [4.78, 5) is 39.0. The van der Waals surface area contributed by atoms with E-state index in [0.29, 0.717) is 13.1 Å². The summed E-state index contributed by atoms with van der Waals surface area (Å²) in [5, 5.41) is 13.4. The van der Waals surface area contributed by atoms with Crippen molar-refractivity contribution in [2.75, 3.05) is 39.3 Å². The molecule has 0 unspecified atom stereocenters. The first-order valence-electron chi connectivity index (χ1n) is 10.3. The van der Waals surface area contributed by atoms with Gasteiger partial charge in [0.15, 0.2) is 0 Å². The molecule has 162 valence electrons. The lowest BCUT2D eigenvalue weighted by molar-refractivity contribution is -0.384. The second-order valence-electron chi connectivity index (χ2n) is 7.69. The van der Waals surface area contributed by atoms with Gasteiger partial charge >= 0.3 is 0 Å². The van der Waals surface area contributed by atoms with E-state index in [2.05, 4.69) is 22.3 Å². The average Bonchev–Trinajstić information content (AvgIpc) is 3.25. The third kappa shape index (κ3) is 5.00. The van der Waals surface area contributed by atoms with Crippen LogP contribution in [0.25, 0.3) is 0 Å². The number of nitrogens with one attached hydrogen (secondary N) is 1. The van der Waals surface area contributed by atoms with Gasteiger partial charge in [0.2, 0.25) is 5.91 Å². The second-order valence-corrected chi connectivity index (χ2v) is 7.69. The molecule has 2 aromatic carbocycles. The van der Waals surface area contributed by atoms with Gasteiger partial charge in [-0.3, -0.25) is 24.6 Å². The van der Waals surface area contributed by atoms with Crippen molar-refractivity contribution in [3.63, 3.8) is 0 Å². The number of nitro groups is 1. The first-order valence-corrected chi connectivity index (χ1v) is 10.3. The van der Waals surface area contributed by atoms with Crippen LogP contribution < -0.4 is 10.1 Å². The molecule has 2 heterocycles. The molecule has 0 bridgehead atoms. The number of nitrogens with zero attached hydrogens (tertiary/aromatic N) is 3. The summed E-state index contributed by atoms with van der Waals surface area (Å²) >= 11 is 0. The van der Waals surface area contributed by atoms with Gasteiger partial charge in [-0.2, -0.15) is 0 Å². The Hall–Kier alpha value is -3.46. The molecule has 9 heteroatoms. The SMILES string of the molecule is O=C(NCC(=O)N1CCN(Cc2ccc3c(c2)CCO3)CC1)c1cccc([N+](=O)[O-])c1. The molecule has 0 aromatic heterocycles. The monoisotopic (exact) mass is 424 g/mol. The van der Waals surface area contributed by atoms with E-state index in [9.17, 15) is 19.7 Å². The fourth-order valence-electron chi connectivity index (χ4n) is 3.88. The lowest BCUT2D eigenvalue weighted by atomic mass is 10.1. The maximum atomic E-state index is 12.5. The molecule has 31 heavy (non-hydrogen) atoms. The van der Waals surface area contributed by atoms with E-state index in [-0.39, 0.29) is 23.7 Å². The van der Waals surface area contributed by atoms with Crippen LogP contribution in [-0.2, 0) is 17.8 Å². The van der Waals surface area contributed by atoms with Crippen LogP contribution in [0.1, 0.15) is 21.5 Å². The molecule has 2 aliphatic heterocycles. The highest BCUT2D eigenvalue weighted by Crippen LogP contribution is 2.26. The number of piperazine rings is 1. The molecular weight excluding hydrogens is 400 g/mol. The maximum absolute atomic E-state index is 12.5. The Balaban J connectivity index is 1.23. The number of nitro benzene ring substituents is 1. The summed E-state index contributed by atoms with van der Waals surface area (Å²) in [5.74, 6) is 0.315. The highest BCUT2D eigenvalue weighted by Gasteiger charge is 2.22. The minimum atomic E-state index is -0.558. The summed E-state index contributed by atoms with van der Waals surface area (Å²) in [7, 11) is 0. The van der Waals surface area contributed by atoms with Crippen molar-refractivity contribution in [3.8, 4) is 5.75 Å². The second kappa shape index (κ2) is 9.13. The highest BCUT2D eigenvalue weighted by atomic mass is 16.6. The first kappa shape index (κ1) is 20.8. The zero-order chi connectivity index (χ0) is 21.8. The molecular formula is C22H24N4O5. The van der Waals surface area contributed by atoms with Gasteiger partial charge < -0.3 is 15.0 Å². The number of carbonyl (C=O) groups is 2. The molecule has 1 N–H and O–H groups in total. The van der Waals surface area contributed by atoms with Crippen molar-refractivity contribution in [1.82, 2.24) is 15.1 Å². The van der Waals surface area contributed by atoms with Crippen LogP contribution in [0.3, 0.4) is 0 Å². The van der Waals surface area contributed by atoms with Gasteiger partial charge in [0, 0.05) is 56.8 Å². The molecule has 9 nitrogen and oxygen atoms in total. The van der Waals surface area contributed by atoms with Crippen molar-refractivity contribution in [2.45, 2.75) is 13.0 Å². The van der Waals surface area contributed by atoms with E-state index in [1.165, 1.54) is 35.4 Å². The van der Waals surface area contributed by atoms with Gasteiger partial charge in [0.1, 0.15) is 5.75 Å². The third-order valence-corrected chi connectivity index (χ3v) is 5.60. The van der Waals surface area contributed by atoms with Crippen molar-refractivity contribution in [2.24, 2.45) is 0 Å². The topological polar surface area (TPSA) is 105 Å². The predicted molar refractivity (Wildman–Crippen MR) is 113 cm³/mol. The number of rotatable bonds is 6. The summed E-state index contributed by atoms with van der Waals surface area (Å²) in [6.07, 6.45) is 0.952. The van der Waals surface area contributed by atoms with Crippen molar-refractivity contribution in [1.29, 1.82) is 0 Å². The van der Waals surface area contributed by atoms with Gasteiger partial charge in [-0.1, -0.05) is 18.2 Å². The molecule has 0 saturated carbocycles. The Bertz CT molecular complexity index is 1000. The predicted octanol–water partition coefficient (Wildman–Crippen LogP) is 1.60. The zero-order valence-electron chi connectivity index (χ0n) is 17.1. The van der Waals surface area contributed by atoms with Crippen LogP contribution in [0.5, 0.6) is 5.75 Å². The summed E-state index contributed by atoms with van der Waals surface area (Å²) in [5.41, 5.74) is 2.50. The van der Waals surface area contributed by atoms with E-state index in [1.807, 2.05) is 6.07 Å². The number of amides is 2. The first-order chi connectivity index (χ1) is 15.0. The Morgan fingerprint density at radius 2 is 1.90 bits per heavy atom. The lowest BCUT2D eigenvalue weighted by Crippen LogP contribution is -2.50. The van der Waals surface area contributed by atoms with Crippen molar-refractivity contribution in [3.05, 3.63) is 69.3 Å². The normalized spacial score (nSPS) is 15.8. The number of hydrogen-bond acceptors (Lipinski definition) is 6. The lowest BCUT2D eigenvalue weighted by Gasteiger charge is -2.34. The van der Waals surface area contributed by atoms with Crippen LogP contribution in [0.15, 0.2) is 42.5 Å². The van der Waals surface area contributed by atoms with Gasteiger partial charge in [-0.25, -0.2) is 0 Å². The molecule has 0 atom stereocenters. The van der Waals surface area contributed by atoms with E-state index in [1.54, 1.807) is 4.90 Å². The highest BCUT2D eigenvalue weighted by molar-refractivity contribution is 5.96. The van der Waals surface area contributed by atoms with E-state index < -0.39 is 10.8 Å². The summed E-state index contributed by atoms with van der Waals surface area (Å²) in [6, 6.07) is 11.8.